The van der Waals surface area contributed by atoms with E-state index in [2.05, 4.69) is 28.4 Å². The van der Waals surface area contributed by atoms with Crippen LogP contribution < -0.4 is 10.9 Å². The number of aryl methyl sites for hydroxylation is 1. The molecule has 5 nitrogen and oxygen atoms in total. The number of benzene rings is 1. The van der Waals surface area contributed by atoms with Crippen molar-refractivity contribution in [3.8, 4) is 0 Å². The van der Waals surface area contributed by atoms with Crippen molar-refractivity contribution in [2.45, 2.75) is 25.7 Å². The van der Waals surface area contributed by atoms with Gasteiger partial charge in [-0.15, -0.1) is 0 Å². The molecule has 0 saturated carbocycles. The van der Waals surface area contributed by atoms with E-state index in [0.717, 1.165) is 48.2 Å². The molecule has 108 valence electrons. The maximum atomic E-state index is 12.4. The number of nitrogens with zero attached hydrogens (tertiary/aromatic N) is 2. The number of aromatic amines is 1. The molecule has 0 bridgehead atoms. The Bertz CT molecular complexity index is 871. The van der Waals surface area contributed by atoms with Gasteiger partial charge in [-0.2, -0.15) is 9.61 Å². The molecule has 2 N–H and O–H groups in total. The molecule has 2 aromatic heterocycles. The van der Waals surface area contributed by atoms with Gasteiger partial charge in [0.25, 0.3) is 5.56 Å². The number of rotatable bonds is 1. The van der Waals surface area contributed by atoms with E-state index >= 15 is 0 Å². The molecule has 0 amide bonds. The molecular formula is C16H18N4O. The molecule has 0 atom stereocenters. The van der Waals surface area contributed by atoms with Crippen molar-refractivity contribution in [2.75, 3.05) is 13.1 Å². The molecule has 5 heteroatoms. The molecule has 0 spiro atoms. The van der Waals surface area contributed by atoms with Gasteiger partial charge in [0.2, 0.25) is 0 Å². The third kappa shape index (κ3) is 2.05. The predicted molar refractivity (Wildman–Crippen MR) is 82.9 cm³/mol. The zero-order valence-corrected chi connectivity index (χ0v) is 12.0. The summed E-state index contributed by atoms with van der Waals surface area (Å²) in [6.07, 6.45) is 2.13. The molecule has 4 rings (SSSR count). The van der Waals surface area contributed by atoms with Crippen molar-refractivity contribution < 1.29 is 0 Å². The van der Waals surface area contributed by atoms with Crippen LogP contribution in [0.3, 0.4) is 0 Å². The fourth-order valence-corrected chi connectivity index (χ4v) is 3.20. The van der Waals surface area contributed by atoms with Crippen LogP contribution in [0.25, 0.3) is 16.6 Å². The Kier molecular flexibility index (Phi) is 2.82. The van der Waals surface area contributed by atoms with Gasteiger partial charge in [0.05, 0.1) is 5.52 Å². The lowest BCUT2D eigenvalue weighted by atomic mass is 9.94. The highest BCUT2D eigenvalue weighted by molar-refractivity contribution is 5.92. The fourth-order valence-electron chi connectivity index (χ4n) is 3.20. The number of hydrogen-bond acceptors (Lipinski definition) is 3. The van der Waals surface area contributed by atoms with Gasteiger partial charge >= 0.3 is 0 Å². The first-order chi connectivity index (χ1) is 10.2. The quantitative estimate of drug-likeness (QED) is 0.717. The molecular weight excluding hydrogens is 264 g/mol. The zero-order chi connectivity index (χ0) is 14.4. The minimum atomic E-state index is -0.0499. The van der Waals surface area contributed by atoms with Gasteiger partial charge < -0.3 is 10.3 Å². The Labute approximate surface area is 122 Å². The predicted octanol–water partition coefficient (Wildman–Crippen LogP) is 1.95. The van der Waals surface area contributed by atoms with Crippen molar-refractivity contribution in [1.29, 1.82) is 0 Å². The second-order valence-electron chi connectivity index (χ2n) is 5.87. The van der Waals surface area contributed by atoms with Gasteiger partial charge in [0, 0.05) is 23.1 Å². The molecule has 0 radical (unpaired) electrons. The summed E-state index contributed by atoms with van der Waals surface area (Å²) >= 11 is 0. The smallest absolute Gasteiger partial charge is 0.274 e. The molecule has 21 heavy (non-hydrogen) atoms. The number of fused-ring (bicyclic) bond motifs is 3. The van der Waals surface area contributed by atoms with E-state index in [9.17, 15) is 4.79 Å². The van der Waals surface area contributed by atoms with Gasteiger partial charge in [-0.1, -0.05) is 11.6 Å². The normalized spacial score (nSPS) is 16.8. The Balaban J connectivity index is 1.96. The van der Waals surface area contributed by atoms with E-state index in [0.29, 0.717) is 5.92 Å². The van der Waals surface area contributed by atoms with Crippen molar-refractivity contribution >= 4 is 16.6 Å². The third-order valence-electron chi connectivity index (χ3n) is 4.36. The van der Waals surface area contributed by atoms with Crippen LogP contribution in [0.15, 0.2) is 29.1 Å². The minimum absolute atomic E-state index is 0.0499. The van der Waals surface area contributed by atoms with Crippen molar-refractivity contribution in [2.24, 2.45) is 0 Å². The molecule has 1 aliphatic heterocycles. The maximum Gasteiger partial charge on any atom is 0.274 e. The fraction of sp³-hybridized carbons (Fsp3) is 0.375. The van der Waals surface area contributed by atoms with Crippen LogP contribution in [-0.2, 0) is 0 Å². The molecule has 0 unspecified atom stereocenters. The maximum absolute atomic E-state index is 12.4. The number of H-pyrrole nitrogens is 1. The van der Waals surface area contributed by atoms with Crippen molar-refractivity contribution in [1.82, 2.24) is 19.9 Å². The van der Waals surface area contributed by atoms with Crippen LogP contribution in [0.1, 0.15) is 30.0 Å². The highest BCUT2D eigenvalue weighted by Gasteiger charge is 2.18. The molecule has 0 aliphatic carbocycles. The van der Waals surface area contributed by atoms with E-state index in [1.165, 1.54) is 10.1 Å². The Hall–Kier alpha value is -2.14. The molecule has 3 heterocycles. The number of nitrogens with one attached hydrogen (secondary N) is 2. The van der Waals surface area contributed by atoms with Gasteiger partial charge in [0.1, 0.15) is 5.65 Å². The average molecular weight is 282 g/mol. The molecule has 1 aromatic carbocycles. The average Bonchev–Trinajstić information content (AvgIpc) is 2.87. The summed E-state index contributed by atoms with van der Waals surface area (Å²) in [5.74, 6) is 0.429. The van der Waals surface area contributed by atoms with Gasteiger partial charge in [-0.25, -0.2) is 0 Å². The summed E-state index contributed by atoms with van der Waals surface area (Å²) in [4.78, 5) is 15.8. The van der Waals surface area contributed by atoms with Gasteiger partial charge in [-0.3, -0.25) is 4.79 Å². The summed E-state index contributed by atoms with van der Waals surface area (Å²) in [7, 11) is 0. The molecule has 1 fully saturated rings. The standard InChI is InChI=1S/C16H18N4O/c1-10-2-3-13-12(8-10)16-18-14(9-15(21)20(16)19-13)11-4-6-17-7-5-11/h2-3,8-9,11,17-18H,4-7H2,1H3. The first-order valence-corrected chi connectivity index (χ1v) is 7.45. The summed E-state index contributed by atoms with van der Waals surface area (Å²) in [6, 6.07) is 7.78. The van der Waals surface area contributed by atoms with E-state index in [4.69, 9.17) is 0 Å². The lowest BCUT2D eigenvalue weighted by Gasteiger charge is -2.22. The number of piperidine rings is 1. The van der Waals surface area contributed by atoms with Crippen LogP contribution in [0.4, 0.5) is 0 Å². The Morgan fingerprint density at radius 3 is 2.86 bits per heavy atom. The van der Waals surface area contributed by atoms with Crippen molar-refractivity contribution in [3.05, 3.63) is 45.9 Å². The van der Waals surface area contributed by atoms with Crippen LogP contribution in [-0.4, -0.2) is 27.7 Å². The van der Waals surface area contributed by atoms with Gasteiger partial charge in [0.15, 0.2) is 0 Å². The topological polar surface area (TPSA) is 62.2 Å². The van der Waals surface area contributed by atoms with Crippen molar-refractivity contribution in [3.63, 3.8) is 0 Å². The van der Waals surface area contributed by atoms with E-state index in [1.54, 1.807) is 6.07 Å². The monoisotopic (exact) mass is 282 g/mol. The summed E-state index contributed by atoms with van der Waals surface area (Å²) < 4.78 is 1.48. The van der Waals surface area contributed by atoms with Crippen LogP contribution in [0, 0.1) is 6.92 Å². The lowest BCUT2D eigenvalue weighted by Crippen LogP contribution is -2.28. The van der Waals surface area contributed by atoms with E-state index in [-0.39, 0.29) is 5.56 Å². The minimum Gasteiger partial charge on any atom is -0.343 e. The van der Waals surface area contributed by atoms with Gasteiger partial charge in [-0.05, 0) is 45.0 Å². The SMILES string of the molecule is Cc1ccc2nn3c(=O)cc(C4CCNCC4)[nH]c3c2c1. The summed E-state index contributed by atoms with van der Waals surface area (Å²) in [5, 5.41) is 8.78. The molecule has 1 aliphatic rings. The second kappa shape index (κ2) is 4.70. The third-order valence-corrected chi connectivity index (χ3v) is 4.36. The highest BCUT2D eigenvalue weighted by atomic mass is 16.1. The lowest BCUT2D eigenvalue weighted by molar-refractivity contribution is 0.453. The van der Waals surface area contributed by atoms with E-state index < -0.39 is 0 Å². The number of hydrogen-bond donors (Lipinski definition) is 2. The molecule has 1 saturated heterocycles. The highest BCUT2D eigenvalue weighted by Crippen LogP contribution is 2.25. The second-order valence-corrected chi connectivity index (χ2v) is 5.87. The van der Waals surface area contributed by atoms with Crippen LogP contribution in [0.2, 0.25) is 0 Å². The van der Waals surface area contributed by atoms with Crippen LogP contribution in [0.5, 0.6) is 0 Å². The first-order valence-electron chi connectivity index (χ1n) is 7.45. The van der Waals surface area contributed by atoms with E-state index in [1.807, 2.05) is 12.1 Å². The first kappa shape index (κ1) is 12.6. The largest absolute Gasteiger partial charge is 0.343 e. The summed E-state index contributed by atoms with van der Waals surface area (Å²) in [5.41, 5.74) is 3.83. The van der Waals surface area contributed by atoms with Crippen LogP contribution >= 0.6 is 0 Å². The Morgan fingerprint density at radius 1 is 1.24 bits per heavy atom. The zero-order valence-electron chi connectivity index (χ0n) is 12.0. The number of aromatic nitrogens is 3. The summed E-state index contributed by atoms with van der Waals surface area (Å²) in [6.45, 7) is 4.08. The Morgan fingerprint density at radius 2 is 2.05 bits per heavy atom. The molecule has 3 aromatic rings.